The van der Waals surface area contributed by atoms with Crippen LogP contribution >= 0.6 is 27.3 Å². The highest BCUT2D eigenvalue weighted by Gasteiger charge is 2.39. The van der Waals surface area contributed by atoms with Crippen LogP contribution in [0.2, 0.25) is 0 Å². The van der Waals surface area contributed by atoms with Crippen LogP contribution in [0.5, 0.6) is 0 Å². The van der Waals surface area contributed by atoms with E-state index in [0.717, 1.165) is 49.7 Å². The lowest BCUT2D eigenvalue weighted by Crippen LogP contribution is -2.45. The minimum atomic E-state index is -0.644. The van der Waals surface area contributed by atoms with Crippen LogP contribution in [0.4, 0.5) is 4.39 Å². The number of nitrogens with zero attached hydrogens (tertiary/aromatic N) is 3. The van der Waals surface area contributed by atoms with E-state index in [1.54, 1.807) is 19.2 Å². The zero-order chi connectivity index (χ0) is 24.4. The van der Waals surface area contributed by atoms with E-state index in [2.05, 4.69) is 36.4 Å². The molecular formula is C25H29BrFN5O2S. The van der Waals surface area contributed by atoms with E-state index in [9.17, 15) is 9.18 Å². The summed E-state index contributed by atoms with van der Waals surface area (Å²) in [5, 5.41) is 9.57. The third-order valence-electron chi connectivity index (χ3n) is 7.14. The van der Waals surface area contributed by atoms with Gasteiger partial charge in [0.2, 0.25) is 0 Å². The van der Waals surface area contributed by atoms with E-state index in [0.29, 0.717) is 33.4 Å². The standard InChI is InChI=1S/C25H29BrFN5O2S/c1-2-34-24(33)20-19(14-32-10-6-25(7-11-32)5-8-28-15-25)30-22(23-29-9-12-35-23)31-21(20)17-4-3-16(27)13-18(17)26/h3-4,9,12-13,21,28H,2,5-8,10-11,14-15H2,1H3,(H,30,31). The Morgan fingerprint density at radius 3 is 2.83 bits per heavy atom. The Balaban J connectivity index is 1.51. The molecule has 4 heterocycles. The van der Waals surface area contributed by atoms with Crippen LogP contribution in [0.15, 0.2) is 50.5 Å². The first-order valence-corrected chi connectivity index (χ1v) is 13.7. The number of benzene rings is 1. The van der Waals surface area contributed by atoms with Crippen LogP contribution in [0.3, 0.4) is 0 Å². The number of amidine groups is 1. The van der Waals surface area contributed by atoms with E-state index in [1.807, 2.05) is 5.38 Å². The van der Waals surface area contributed by atoms with Crippen molar-refractivity contribution in [2.24, 2.45) is 10.4 Å². The van der Waals surface area contributed by atoms with Crippen molar-refractivity contribution < 1.29 is 13.9 Å². The smallest absolute Gasteiger partial charge is 0.338 e. The molecular weight excluding hydrogens is 533 g/mol. The Morgan fingerprint density at radius 1 is 1.34 bits per heavy atom. The molecule has 10 heteroatoms. The predicted octanol–water partition coefficient (Wildman–Crippen LogP) is 4.03. The maximum absolute atomic E-state index is 13.9. The summed E-state index contributed by atoms with van der Waals surface area (Å²) in [4.78, 5) is 25.0. The zero-order valence-corrected chi connectivity index (χ0v) is 22.1. The van der Waals surface area contributed by atoms with E-state index >= 15 is 0 Å². The first-order chi connectivity index (χ1) is 17.0. The van der Waals surface area contributed by atoms with Gasteiger partial charge >= 0.3 is 5.97 Å². The van der Waals surface area contributed by atoms with E-state index in [1.165, 1.54) is 29.9 Å². The van der Waals surface area contributed by atoms with Gasteiger partial charge in [-0.2, -0.15) is 0 Å². The minimum Gasteiger partial charge on any atom is -0.463 e. The van der Waals surface area contributed by atoms with Crippen molar-refractivity contribution >= 4 is 39.1 Å². The molecule has 2 N–H and O–H groups in total. The highest BCUT2D eigenvalue weighted by molar-refractivity contribution is 9.10. The third-order valence-corrected chi connectivity index (χ3v) is 8.61. The van der Waals surface area contributed by atoms with Crippen molar-refractivity contribution in [1.82, 2.24) is 20.5 Å². The van der Waals surface area contributed by atoms with Gasteiger partial charge in [-0.05, 0) is 68.9 Å². The molecule has 0 saturated carbocycles. The lowest BCUT2D eigenvalue weighted by atomic mass is 9.78. The Labute approximate surface area is 217 Å². The van der Waals surface area contributed by atoms with Gasteiger partial charge in [0.25, 0.3) is 0 Å². The molecule has 2 aromatic rings. The number of hydrogen-bond acceptors (Lipinski definition) is 8. The summed E-state index contributed by atoms with van der Waals surface area (Å²) >= 11 is 4.96. The summed E-state index contributed by atoms with van der Waals surface area (Å²) in [6.07, 6.45) is 5.25. The predicted molar refractivity (Wildman–Crippen MR) is 138 cm³/mol. The number of piperidine rings is 1. The van der Waals surface area contributed by atoms with Crippen LogP contribution in [-0.4, -0.2) is 61.0 Å². The molecule has 5 rings (SSSR count). The number of rotatable bonds is 6. The average Bonchev–Trinajstić information content (AvgIpc) is 3.53. The average molecular weight is 563 g/mol. The Morgan fingerprint density at radius 2 is 2.17 bits per heavy atom. The first-order valence-electron chi connectivity index (χ1n) is 12.0. The van der Waals surface area contributed by atoms with E-state index in [4.69, 9.17) is 9.73 Å². The van der Waals surface area contributed by atoms with Crippen molar-refractivity contribution in [3.05, 3.63) is 61.9 Å². The molecule has 0 bridgehead atoms. The number of thiazole rings is 1. The van der Waals surface area contributed by atoms with Gasteiger partial charge in [0.15, 0.2) is 10.8 Å². The SMILES string of the molecule is CCOC(=O)C1=C(CN2CCC3(CCNC3)CC2)NC(c2nccs2)=NC1c1ccc(F)cc1Br. The maximum atomic E-state index is 13.9. The monoisotopic (exact) mass is 561 g/mol. The van der Waals surface area contributed by atoms with Gasteiger partial charge < -0.3 is 15.4 Å². The molecule has 35 heavy (non-hydrogen) atoms. The minimum absolute atomic E-state index is 0.259. The summed E-state index contributed by atoms with van der Waals surface area (Å²) in [5.41, 5.74) is 2.34. The summed E-state index contributed by atoms with van der Waals surface area (Å²) in [6, 6.07) is 3.82. The molecule has 0 radical (unpaired) electrons. The second-order valence-corrected chi connectivity index (χ2v) is 11.1. The van der Waals surface area contributed by atoms with E-state index < -0.39 is 12.0 Å². The van der Waals surface area contributed by atoms with Gasteiger partial charge in [0.1, 0.15) is 11.9 Å². The topological polar surface area (TPSA) is 78.9 Å². The second-order valence-electron chi connectivity index (χ2n) is 9.32. The molecule has 1 spiro atoms. The molecule has 1 unspecified atom stereocenters. The van der Waals surface area contributed by atoms with Gasteiger partial charge in [-0.25, -0.2) is 14.2 Å². The number of ether oxygens (including phenoxy) is 1. The zero-order valence-electron chi connectivity index (χ0n) is 19.7. The highest BCUT2D eigenvalue weighted by atomic mass is 79.9. The molecule has 1 aromatic heterocycles. The molecule has 1 atom stereocenters. The van der Waals surface area contributed by atoms with Crippen molar-refractivity contribution in [1.29, 1.82) is 0 Å². The molecule has 2 saturated heterocycles. The normalized spacial score (nSPS) is 22.3. The fourth-order valence-corrected chi connectivity index (χ4v) is 6.35. The number of carbonyl (C=O) groups is 1. The molecule has 3 aliphatic rings. The number of aromatic nitrogens is 1. The van der Waals surface area contributed by atoms with Crippen molar-refractivity contribution in [2.75, 3.05) is 39.3 Å². The van der Waals surface area contributed by atoms with Crippen LogP contribution in [-0.2, 0) is 9.53 Å². The summed E-state index contributed by atoms with van der Waals surface area (Å²) in [7, 11) is 0. The first kappa shape index (κ1) is 24.5. The number of esters is 1. The van der Waals surface area contributed by atoms with Gasteiger partial charge in [-0.3, -0.25) is 9.89 Å². The van der Waals surface area contributed by atoms with Crippen LogP contribution in [0.25, 0.3) is 0 Å². The third kappa shape index (κ3) is 5.21. The lowest BCUT2D eigenvalue weighted by molar-refractivity contribution is -0.139. The van der Waals surface area contributed by atoms with Crippen LogP contribution < -0.4 is 10.6 Å². The highest BCUT2D eigenvalue weighted by Crippen LogP contribution is 2.39. The number of carbonyl (C=O) groups excluding carboxylic acids is 1. The van der Waals surface area contributed by atoms with E-state index in [-0.39, 0.29) is 12.4 Å². The molecule has 1 aromatic carbocycles. The lowest BCUT2D eigenvalue weighted by Gasteiger charge is -2.40. The van der Waals surface area contributed by atoms with Crippen LogP contribution in [0.1, 0.15) is 42.8 Å². The summed E-state index contributed by atoms with van der Waals surface area (Å²) in [5.74, 6) is -0.159. The number of aliphatic imine (C=N–C) groups is 1. The molecule has 0 amide bonds. The number of likely N-dealkylation sites (tertiary alicyclic amines) is 1. The maximum Gasteiger partial charge on any atom is 0.338 e. The molecule has 186 valence electrons. The van der Waals surface area contributed by atoms with Gasteiger partial charge in [0.05, 0.1) is 12.2 Å². The largest absolute Gasteiger partial charge is 0.463 e. The van der Waals surface area contributed by atoms with Crippen molar-refractivity contribution in [3.8, 4) is 0 Å². The van der Waals surface area contributed by atoms with Crippen molar-refractivity contribution in [2.45, 2.75) is 32.2 Å². The molecule has 2 fully saturated rings. The Bertz CT molecular complexity index is 1140. The molecule has 7 nitrogen and oxygen atoms in total. The van der Waals surface area contributed by atoms with Crippen molar-refractivity contribution in [3.63, 3.8) is 0 Å². The summed E-state index contributed by atoms with van der Waals surface area (Å²) < 4.78 is 19.9. The summed E-state index contributed by atoms with van der Waals surface area (Å²) in [6.45, 7) is 6.77. The van der Waals surface area contributed by atoms with Crippen LogP contribution in [0, 0.1) is 11.2 Å². The van der Waals surface area contributed by atoms with Gasteiger partial charge in [0, 0.05) is 34.8 Å². The number of halogens is 2. The quantitative estimate of drug-likeness (QED) is 0.518. The molecule has 0 aliphatic carbocycles. The fraction of sp³-hybridized carbons (Fsp3) is 0.480. The number of nitrogens with one attached hydrogen (secondary N) is 2. The second kappa shape index (κ2) is 10.5. The molecule has 3 aliphatic heterocycles. The Hall–Kier alpha value is -2.14. The fourth-order valence-electron chi connectivity index (χ4n) is 5.20. The Kier molecular flexibility index (Phi) is 7.34. The van der Waals surface area contributed by atoms with Gasteiger partial charge in [-0.15, -0.1) is 11.3 Å². The van der Waals surface area contributed by atoms with Gasteiger partial charge in [-0.1, -0.05) is 22.0 Å². The number of hydrogen-bond donors (Lipinski definition) is 2.